The van der Waals surface area contributed by atoms with E-state index in [2.05, 4.69) is 0 Å². The molecule has 5 atom stereocenters. The molecule has 198 valence electrons. The van der Waals surface area contributed by atoms with Crippen molar-refractivity contribution in [3.05, 3.63) is 51.6 Å². The average molecular weight is 514 g/mol. The van der Waals surface area contributed by atoms with Crippen molar-refractivity contribution in [2.75, 3.05) is 7.11 Å². The summed E-state index contributed by atoms with van der Waals surface area (Å²) in [6.07, 6.45) is -0.395. The van der Waals surface area contributed by atoms with Crippen LogP contribution < -0.4 is 10.5 Å². The third-order valence-electron chi connectivity index (χ3n) is 7.36. The number of phenolic OH excluding ortho intramolecular Hbond substituents is 2. The number of ether oxygens (including phenoxy) is 2. The molecular weight excluding hydrogens is 482 g/mol. The molecular formula is C27H31NO9. The largest absolute Gasteiger partial charge is 0.507 e. The lowest BCUT2D eigenvalue weighted by atomic mass is 9.75. The molecule has 0 amide bonds. The average Bonchev–Trinajstić information content (AvgIpc) is 2.87. The number of nitrogens with two attached hydrogens (primary N) is 1. The minimum Gasteiger partial charge on any atom is -0.507 e. The smallest absolute Gasteiger partial charge is 0.202 e. The number of carbonyl (C=O) groups excluding carboxylic acids is 3. The fourth-order valence-electron chi connectivity index (χ4n) is 5.26. The highest BCUT2D eigenvalue weighted by molar-refractivity contribution is 6.31. The summed E-state index contributed by atoms with van der Waals surface area (Å²) in [5.74, 6) is -1.73. The van der Waals surface area contributed by atoms with Crippen molar-refractivity contribution in [3.63, 3.8) is 0 Å². The molecule has 10 nitrogen and oxygen atoms in total. The maximum Gasteiger partial charge on any atom is 0.202 e. The van der Waals surface area contributed by atoms with Gasteiger partial charge in [0, 0.05) is 35.1 Å². The summed E-state index contributed by atoms with van der Waals surface area (Å²) in [6.45, 7) is 3.18. The van der Waals surface area contributed by atoms with Crippen molar-refractivity contribution in [2.24, 2.45) is 11.7 Å². The Morgan fingerprint density at radius 1 is 1.05 bits per heavy atom. The van der Waals surface area contributed by atoms with E-state index in [1.807, 2.05) is 0 Å². The molecule has 0 bridgehead atoms. The monoisotopic (exact) mass is 513 g/mol. The van der Waals surface area contributed by atoms with Crippen LogP contribution in [0.15, 0.2) is 18.2 Å². The third kappa shape index (κ3) is 4.61. The van der Waals surface area contributed by atoms with Crippen LogP contribution in [0.2, 0.25) is 0 Å². The highest BCUT2D eigenvalue weighted by Crippen LogP contribution is 2.47. The van der Waals surface area contributed by atoms with E-state index in [9.17, 15) is 29.7 Å². The fourth-order valence-corrected chi connectivity index (χ4v) is 5.26. The molecule has 37 heavy (non-hydrogen) atoms. The van der Waals surface area contributed by atoms with Gasteiger partial charge in [0.15, 0.2) is 12.1 Å². The first kappa shape index (κ1) is 26.7. The van der Waals surface area contributed by atoms with Gasteiger partial charge in [-0.1, -0.05) is 12.1 Å². The van der Waals surface area contributed by atoms with Crippen LogP contribution in [-0.2, 0) is 22.4 Å². The maximum absolute atomic E-state index is 13.1. The van der Waals surface area contributed by atoms with E-state index in [-0.39, 0.29) is 69.8 Å². The van der Waals surface area contributed by atoms with Crippen LogP contribution in [0.3, 0.4) is 0 Å². The summed E-state index contributed by atoms with van der Waals surface area (Å²) in [4.78, 5) is 37.9. The Balaban J connectivity index is 0.000000270. The number of methoxy groups -OCH3 is 1. The Morgan fingerprint density at radius 2 is 1.70 bits per heavy atom. The van der Waals surface area contributed by atoms with E-state index in [1.165, 1.54) is 20.1 Å². The van der Waals surface area contributed by atoms with Crippen LogP contribution in [0.5, 0.6) is 17.2 Å². The standard InChI is InChI=1S/C21H18O6.C6H13NO3/c1-9(22)10-6-7-11-13(8-10)20(25)16-17(18(11)23)21(26)15-12(19(16)24)4-3-5-14(15)27-2;1-3-6(9)4(7)2-5(8)10-3/h3-5,10,23,25H,6-8H2,1-2H3;3-6,8-9H,2,7H2,1H3. The Kier molecular flexibility index (Phi) is 7.38. The van der Waals surface area contributed by atoms with Crippen molar-refractivity contribution in [2.45, 2.75) is 64.1 Å². The molecule has 0 spiro atoms. The lowest BCUT2D eigenvalue weighted by Crippen LogP contribution is -2.51. The van der Waals surface area contributed by atoms with E-state index in [4.69, 9.17) is 20.3 Å². The molecule has 1 saturated heterocycles. The SMILES string of the molecule is CC1OC(O)CC(N)C1O.COc1cccc2c1C(=O)c1c(O)c3c(c(O)c1C2=O)CC(C(C)=O)CC3. The van der Waals surface area contributed by atoms with Crippen LogP contribution in [0.25, 0.3) is 0 Å². The summed E-state index contributed by atoms with van der Waals surface area (Å²) in [5.41, 5.74) is 6.12. The first-order valence-corrected chi connectivity index (χ1v) is 12.1. The van der Waals surface area contributed by atoms with Gasteiger partial charge in [-0.2, -0.15) is 0 Å². The Morgan fingerprint density at radius 3 is 2.32 bits per heavy atom. The first-order chi connectivity index (χ1) is 17.5. The van der Waals surface area contributed by atoms with Gasteiger partial charge in [0.05, 0.1) is 36.0 Å². The zero-order valence-corrected chi connectivity index (χ0v) is 20.9. The molecule has 1 heterocycles. The summed E-state index contributed by atoms with van der Waals surface area (Å²) in [5, 5.41) is 39.8. The lowest BCUT2D eigenvalue weighted by molar-refractivity contribution is -0.198. The van der Waals surface area contributed by atoms with Gasteiger partial charge in [-0.15, -0.1) is 0 Å². The highest BCUT2D eigenvalue weighted by atomic mass is 16.6. The Bertz CT molecular complexity index is 1260. The zero-order chi connectivity index (χ0) is 27.2. The number of phenols is 2. The minimum absolute atomic E-state index is 0.00487. The van der Waals surface area contributed by atoms with Crippen LogP contribution in [0, 0.1) is 5.92 Å². The number of fused-ring (bicyclic) bond motifs is 3. The summed E-state index contributed by atoms with van der Waals surface area (Å²) < 4.78 is 10.1. The van der Waals surface area contributed by atoms with Crippen molar-refractivity contribution in [3.8, 4) is 17.2 Å². The van der Waals surface area contributed by atoms with Gasteiger partial charge in [-0.3, -0.25) is 14.4 Å². The van der Waals surface area contributed by atoms with Gasteiger partial charge in [0.2, 0.25) is 5.78 Å². The molecule has 2 aliphatic carbocycles. The first-order valence-electron chi connectivity index (χ1n) is 12.1. The molecule has 5 unspecified atom stereocenters. The highest BCUT2D eigenvalue weighted by Gasteiger charge is 2.40. The second-order valence-corrected chi connectivity index (χ2v) is 9.68. The van der Waals surface area contributed by atoms with Crippen LogP contribution >= 0.6 is 0 Å². The predicted octanol–water partition coefficient (Wildman–Crippen LogP) is 1.38. The third-order valence-corrected chi connectivity index (χ3v) is 7.36. The van der Waals surface area contributed by atoms with Gasteiger partial charge in [-0.25, -0.2) is 0 Å². The van der Waals surface area contributed by atoms with E-state index < -0.39 is 24.0 Å². The Labute approximate surface area is 213 Å². The molecule has 5 rings (SSSR count). The topological polar surface area (TPSA) is 177 Å². The maximum atomic E-state index is 13.1. The van der Waals surface area contributed by atoms with E-state index >= 15 is 0 Å². The molecule has 1 fully saturated rings. The molecule has 2 aromatic rings. The normalized spacial score (nSPS) is 26.3. The quantitative estimate of drug-likeness (QED) is 0.315. The lowest BCUT2D eigenvalue weighted by Gasteiger charge is -2.33. The number of ketones is 3. The number of aliphatic hydroxyl groups is 2. The van der Waals surface area contributed by atoms with Crippen LogP contribution in [0.1, 0.15) is 69.7 Å². The number of Topliss-reactive ketones (excluding diaryl/α,β-unsaturated/α-hetero) is 1. The summed E-state index contributed by atoms with van der Waals surface area (Å²) in [6, 6.07) is 4.30. The molecule has 0 radical (unpaired) electrons. The predicted molar refractivity (Wildman–Crippen MR) is 131 cm³/mol. The molecule has 6 N–H and O–H groups in total. The number of benzene rings is 2. The molecule has 1 aliphatic heterocycles. The summed E-state index contributed by atoms with van der Waals surface area (Å²) in [7, 11) is 1.40. The minimum atomic E-state index is -0.812. The van der Waals surface area contributed by atoms with Gasteiger partial charge in [0.1, 0.15) is 23.0 Å². The zero-order valence-electron chi connectivity index (χ0n) is 20.9. The van der Waals surface area contributed by atoms with Crippen molar-refractivity contribution in [1.29, 1.82) is 0 Å². The number of hydrogen-bond donors (Lipinski definition) is 5. The number of aliphatic hydroxyl groups excluding tert-OH is 2. The number of rotatable bonds is 2. The number of hydrogen-bond acceptors (Lipinski definition) is 10. The van der Waals surface area contributed by atoms with Gasteiger partial charge >= 0.3 is 0 Å². The second-order valence-electron chi connectivity index (χ2n) is 9.68. The van der Waals surface area contributed by atoms with E-state index in [0.29, 0.717) is 30.4 Å². The van der Waals surface area contributed by atoms with Crippen molar-refractivity contribution >= 4 is 17.3 Å². The molecule has 10 heteroatoms. The number of carbonyl (C=O) groups is 3. The van der Waals surface area contributed by atoms with Crippen molar-refractivity contribution in [1.82, 2.24) is 0 Å². The van der Waals surface area contributed by atoms with Gasteiger partial charge < -0.3 is 35.6 Å². The molecule has 0 aromatic heterocycles. The fraction of sp³-hybridized carbons (Fsp3) is 0.444. The van der Waals surface area contributed by atoms with E-state index in [1.54, 1.807) is 19.1 Å². The van der Waals surface area contributed by atoms with Crippen LogP contribution in [0.4, 0.5) is 0 Å². The molecule has 2 aromatic carbocycles. The molecule has 0 saturated carbocycles. The summed E-state index contributed by atoms with van der Waals surface area (Å²) >= 11 is 0. The number of aromatic hydroxyl groups is 2. The Hall–Kier alpha value is -3.31. The van der Waals surface area contributed by atoms with Crippen LogP contribution in [-0.4, -0.2) is 69.4 Å². The van der Waals surface area contributed by atoms with Crippen molar-refractivity contribution < 1.29 is 44.3 Å². The van der Waals surface area contributed by atoms with E-state index in [0.717, 1.165) is 0 Å². The van der Waals surface area contributed by atoms with Gasteiger partial charge in [0.25, 0.3) is 0 Å². The molecule has 3 aliphatic rings. The second kappa shape index (κ2) is 10.2. The van der Waals surface area contributed by atoms with Gasteiger partial charge in [-0.05, 0) is 39.2 Å².